The molecule has 0 spiro atoms. The minimum absolute atomic E-state index is 1.000. The third-order valence-electron chi connectivity index (χ3n) is 1.85. The van der Waals surface area contributed by atoms with Crippen molar-refractivity contribution >= 4 is 0 Å². The number of hydrogen-bond donors (Lipinski definition) is 0. The van der Waals surface area contributed by atoms with Crippen LogP contribution in [0.4, 0.5) is 0 Å². The number of hydrogen-bond acceptors (Lipinski definition) is 0. The fraction of sp³-hybridized carbons (Fsp3) is 1.00. The van der Waals surface area contributed by atoms with E-state index in [-0.39, 0.29) is 0 Å². The summed E-state index contributed by atoms with van der Waals surface area (Å²) in [6, 6.07) is 0. The first kappa shape index (κ1) is 8.00. The van der Waals surface area contributed by atoms with E-state index in [1.165, 1.54) is 25.7 Å². The predicted molar refractivity (Wildman–Crippen MR) is 39.0 cm³/mol. The zero-order valence-electron chi connectivity index (χ0n) is 6.41. The molecule has 0 fully saturated rings. The third kappa shape index (κ3) is 3.06. The zero-order valence-corrected chi connectivity index (χ0v) is 6.41. The summed E-state index contributed by atoms with van der Waals surface area (Å²) in [7, 11) is 0. The Hall–Kier alpha value is 0. The lowest BCUT2D eigenvalue weighted by molar-refractivity contribution is 0.451. The van der Waals surface area contributed by atoms with Crippen LogP contribution in [-0.2, 0) is 0 Å². The van der Waals surface area contributed by atoms with Crippen LogP contribution >= 0.6 is 0 Å². The molecule has 0 amide bonds. The molecule has 8 heavy (non-hydrogen) atoms. The lowest BCUT2D eigenvalue weighted by atomic mass is 9.98. The van der Waals surface area contributed by atoms with Crippen molar-refractivity contribution in [1.82, 2.24) is 0 Å². The van der Waals surface area contributed by atoms with Crippen LogP contribution in [0.15, 0.2) is 0 Å². The average molecular weight is 114 g/mol. The van der Waals surface area contributed by atoms with Crippen LogP contribution in [0.2, 0.25) is 0 Å². The molecule has 0 aromatic heterocycles. The van der Waals surface area contributed by atoms with Crippen LogP contribution in [0, 0.1) is 5.92 Å². The van der Waals surface area contributed by atoms with Crippen LogP contribution in [0.25, 0.3) is 0 Å². The van der Waals surface area contributed by atoms with Gasteiger partial charge in [-0.15, -0.1) is 0 Å². The molecule has 0 saturated heterocycles. The quantitative estimate of drug-likeness (QED) is 0.526. The summed E-state index contributed by atoms with van der Waals surface area (Å²) in [4.78, 5) is 0. The monoisotopic (exact) mass is 114 g/mol. The van der Waals surface area contributed by atoms with E-state index in [9.17, 15) is 0 Å². The Bertz CT molecular complexity index is 35.3. The van der Waals surface area contributed by atoms with Gasteiger partial charge in [-0.1, -0.05) is 46.5 Å². The summed E-state index contributed by atoms with van der Waals surface area (Å²) in [5, 5.41) is 0. The van der Waals surface area contributed by atoms with Crippen molar-refractivity contribution in [2.24, 2.45) is 5.92 Å². The van der Waals surface area contributed by atoms with E-state index in [0.29, 0.717) is 0 Å². The van der Waals surface area contributed by atoms with Gasteiger partial charge in [-0.05, 0) is 5.92 Å². The fourth-order valence-electron chi connectivity index (χ4n) is 1.11. The summed E-state index contributed by atoms with van der Waals surface area (Å²) in [5.74, 6) is 1.000. The van der Waals surface area contributed by atoms with Crippen LogP contribution in [0.3, 0.4) is 0 Å². The van der Waals surface area contributed by atoms with Crippen molar-refractivity contribution in [1.29, 1.82) is 0 Å². The molecule has 0 saturated carbocycles. The second-order valence-corrected chi connectivity index (χ2v) is 2.47. The van der Waals surface area contributed by atoms with E-state index in [1.54, 1.807) is 0 Å². The average Bonchev–Trinajstić information content (AvgIpc) is 1.83. The molecule has 0 aromatic rings. The molecule has 0 N–H and O–H groups in total. The van der Waals surface area contributed by atoms with Gasteiger partial charge < -0.3 is 0 Å². The standard InChI is InChI=1S/C8H18/c1-4-7-8(5-2)6-3/h8H,4-7H2,1-3H3. The SMILES string of the molecule is CCCC(CC)CC. The summed E-state index contributed by atoms with van der Waals surface area (Å²) in [5.41, 5.74) is 0. The molecular weight excluding hydrogens is 96.1 g/mol. The van der Waals surface area contributed by atoms with Gasteiger partial charge in [0.1, 0.15) is 0 Å². The largest absolute Gasteiger partial charge is 0.0654 e. The van der Waals surface area contributed by atoms with E-state index in [4.69, 9.17) is 0 Å². The van der Waals surface area contributed by atoms with E-state index in [0.717, 1.165) is 5.92 Å². The van der Waals surface area contributed by atoms with Gasteiger partial charge in [0, 0.05) is 0 Å². The highest BCUT2D eigenvalue weighted by atomic mass is 14.0. The van der Waals surface area contributed by atoms with Crippen LogP contribution < -0.4 is 0 Å². The van der Waals surface area contributed by atoms with Crippen molar-refractivity contribution < 1.29 is 0 Å². The van der Waals surface area contributed by atoms with E-state index >= 15 is 0 Å². The Morgan fingerprint density at radius 1 is 1.00 bits per heavy atom. The van der Waals surface area contributed by atoms with E-state index in [1.807, 2.05) is 0 Å². The van der Waals surface area contributed by atoms with Gasteiger partial charge in [0.25, 0.3) is 0 Å². The molecule has 0 aliphatic rings. The second kappa shape index (κ2) is 5.14. The topological polar surface area (TPSA) is 0 Å². The third-order valence-corrected chi connectivity index (χ3v) is 1.85. The van der Waals surface area contributed by atoms with Gasteiger partial charge in [-0.2, -0.15) is 0 Å². The van der Waals surface area contributed by atoms with Crippen molar-refractivity contribution in [3.05, 3.63) is 0 Å². The highest BCUT2D eigenvalue weighted by Gasteiger charge is 1.98. The predicted octanol–water partition coefficient (Wildman–Crippen LogP) is 3.22. The van der Waals surface area contributed by atoms with Crippen molar-refractivity contribution in [2.75, 3.05) is 0 Å². The first-order valence-corrected chi connectivity index (χ1v) is 3.85. The van der Waals surface area contributed by atoms with E-state index in [2.05, 4.69) is 20.8 Å². The maximum atomic E-state index is 2.28. The molecular formula is C8H18. The number of rotatable bonds is 4. The first-order chi connectivity index (χ1) is 3.85. The van der Waals surface area contributed by atoms with Crippen molar-refractivity contribution in [2.45, 2.75) is 46.5 Å². The van der Waals surface area contributed by atoms with Crippen molar-refractivity contribution in [3.8, 4) is 0 Å². The van der Waals surface area contributed by atoms with Gasteiger partial charge in [-0.25, -0.2) is 0 Å². The van der Waals surface area contributed by atoms with Crippen LogP contribution in [0.1, 0.15) is 46.5 Å². The second-order valence-electron chi connectivity index (χ2n) is 2.47. The summed E-state index contributed by atoms with van der Waals surface area (Å²) in [6.45, 7) is 6.83. The summed E-state index contributed by atoms with van der Waals surface area (Å²) < 4.78 is 0. The Balaban J connectivity index is 3.07. The summed E-state index contributed by atoms with van der Waals surface area (Å²) in [6.07, 6.45) is 5.51. The maximum absolute atomic E-state index is 2.28. The highest BCUT2D eigenvalue weighted by molar-refractivity contribution is 4.51. The zero-order chi connectivity index (χ0) is 6.41. The van der Waals surface area contributed by atoms with Gasteiger partial charge >= 0.3 is 0 Å². The maximum Gasteiger partial charge on any atom is -0.0420 e. The highest BCUT2D eigenvalue weighted by Crippen LogP contribution is 2.13. The normalized spacial score (nSPS) is 10.5. The molecule has 0 aliphatic heterocycles. The lowest BCUT2D eigenvalue weighted by Crippen LogP contribution is -1.94. The first-order valence-electron chi connectivity index (χ1n) is 3.85. The Kier molecular flexibility index (Phi) is 5.14. The van der Waals surface area contributed by atoms with Gasteiger partial charge in [0.15, 0.2) is 0 Å². The molecule has 0 heteroatoms. The minimum atomic E-state index is 1.000. The molecule has 0 radical (unpaired) electrons. The van der Waals surface area contributed by atoms with Crippen molar-refractivity contribution in [3.63, 3.8) is 0 Å². The van der Waals surface area contributed by atoms with Crippen LogP contribution in [-0.4, -0.2) is 0 Å². The molecule has 0 unspecified atom stereocenters. The molecule has 0 nitrogen and oxygen atoms in total. The van der Waals surface area contributed by atoms with Gasteiger partial charge in [0.05, 0.1) is 0 Å². The molecule has 0 atom stereocenters. The molecule has 0 aromatic carbocycles. The van der Waals surface area contributed by atoms with Crippen LogP contribution in [0.5, 0.6) is 0 Å². The Labute approximate surface area is 53.3 Å². The minimum Gasteiger partial charge on any atom is -0.0654 e. The molecule has 0 heterocycles. The fourth-order valence-corrected chi connectivity index (χ4v) is 1.11. The Morgan fingerprint density at radius 2 is 1.50 bits per heavy atom. The van der Waals surface area contributed by atoms with Gasteiger partial charge in [0.2, 0.25) is 0 Å². The smallest absolute Gasteiger partial charge is 0.0420 e. The molecule has 50 valence electrons. The lowest BCUT2D eigenvalue weighted by Gasteiger charge is -2.08. The molecule has 0 rings (SSSR count). The summed E-state index contributed by atoms with van der Waals surface area (Å²) >= 11 is 0. The van der Waals surface area contributed by atoms with Gasteiger partial charge in [-0.3, -0.25) is 0 Å². The van der Waals surface area contributed by atoms with E-state index < -0.39 is 0 Å². The molecule has 0 aliphatic carbocycles. The molecule has 0 bridgehead atoms. The Morgan fingerprint density at radius 3 is 1.62 bits per heavy atom.